The number of hydrogen-bond donors (Lipinski definition) is 1. The van der Waals surface area contributed by atoms with Crippen molar-refractivity contribution in [1.29, 1.82) is 0 Å². The first kappa shape index (κ1) is 18.6. The number of piperidine rings is 2. The third-order valence-electron chi connectivity index (χ3n) is 5.51. The average Bonchev–Trinajstić information content (AvgIpc) is 2.65. The van der Waals surface area contributed by atoms with E-state index in [2.05, 4.69) is 9.88 Å². The molecule has 2 aliphatic heterocycles. The van der Waals surface area contributed by atoms with E-state index in [1.54, 1.807) is 19.4 Å². The second-order valence-corrected chi connectivity index (χ2v) is 7.39. The van der Waals surface area contributed by atoms with Gasteiger partial charge >= 0.3 is 5.97 Å². The highest BCUT2D eigenvalue weighted by atomic mass is 16.5. The Morgan fingerprint density at radius 2 is 2.23 bits per heavy atom. The summed E-state index contributed by atoms with van der Waals surface area (Å²) in [4.78, 5) is 31.6. The Kier molecular flexibility index (Phi) is 5.76. The van der Waals surface area contributed by atoms with Crippen LogP contribution in [0.15, 0.2) is 18.3 Å². The number of rotatable bonds is 6. The number of carboxylic acids is 1. The number of nitrogens with zero attached hydrogens (tertiary/aromatic N) is 3. The number of aromatic carboxylic acids is 1. The van der Waals surface area contributed by atoms with Crippen LogP contribution in [-0.4, -0.2) is 66.8 Å². The first-order valence-corrected chi connectivity index (χ1v) is 9.24. The summed E-state index contributed by atoms with van der Waals surface area (Å²) in [6.07, 6.45) is 6.06. The van der Waals surface area contributed by atoms with Gasteiger partial charge in [0.2, 0.25) is 5.91 Å². The lowest BCUT2D eigenvalue weighted by atomic mass is 9.73. The van der Waals surface area contributed by atoms with Gasteiger partial charge in [0.25, 0.3) is 0 Å². The van der Waals surface area contributed by atoms with Crippen LogP contribution in [-0.2, 0) is 9.53 Å². The molecule has 26 heavy (non-hydrogen) atoms. The largest absolute Gasteiger partial charge is 0.477 e. The van der Waals surface area contributed by atoms with Gasteiger partial charge in [0.1, 0.15) is 5.69 Å². The minimum absolute atomic E-state index is 0.0714. The number of methoxy groups -OCH3 is 1. The molecular formula is C19H27N3O4. The predicted molar refractivity (Wildman–Crippen MR) is 97.4 cm³/mol. The lowest BCUT2D eigenvalue weighted by Crippen LogP contribution is -2.54. The highest BCUT2D eigenvalue weighted by Crippen LogP contribution is 2.40. The zero-order valence-corrected chi connectivity index (χ0v) is 15.3. The number of pyridine rings is 1. The summed E-state index contributed by atoms with van der Waals surface area (Å²) in [6, 6.07) is 3.52. The molecule has 1 spiro atoms. The van der Waals surface area contributed by atoms with Crippen molar-refractivity contribution < 1.29 is 19.4 Å². The van der Waals surface area contributed by atoms with Gasteiger partial charge in [-0.1, -0.05) is 0 Å². The molecule has 0 bridgehead atoms. The SMILES string of the molecule is COCCCN1C[C@]2(CCCN(c3ccnc(C(=O)O)c3)C2)CCC1=O. The van der Waals surface area contributed by atoms with Crippen LogP contribution in [0.4, 0.5) is 5.69 Å². The third-order valence-corrected chi connectivity index (χ3v) is 5.51. The Labute approximate surface area is 153 Å². The van der Waals surface area contributed by atoms with Crippen LogP contribution in [0.25, 0.3) is 0 Å². The Morgan fingerprint density at radius 1 is 1.38 bits per heavy atom. The standard InChI is InChI=1S/C19H27N3O4/c1-26-11-3-10-22-14-19(7-4-17(22)23)6-2-9-21(13-19)15-5-8-20-16(12-15)18(24)25/h5,8,12H,2-4,6-7,9-11,13-14H2,1H3,(H,24,25)/t19-/m1/s1. The lowest BCUT2D eigenvalue weighted by Gasteiger charge is -2.49. The summed E-state index contributed by atoms with van der Waals surface area (Å²) in [6.45, 7) is 3.94. The number of aromatic nitrogens is 1. The van der Waals surface area contributed by atoms with Gasteiger partial charge in [-0.05, 0) is 37.8 Å². The van der Waals surface area contributed by atoms with Crippen LogP contribution >= 0.6 is 0 Å². The Morgan fingerprint density at radius 3 is 3.00 bits per heavy atom. The molecule has 7 nitrogen and oxygen atoms in total. The van der Waals surface area contributed by atoms with E-state index >= 15 is 0 Å². The molecule has 2 fully saturated rings. The van der Waals surface area contributed by atoms with E-state index in [0.29, 0.717) is 13.0 Å². The van der Waals surface area contributed by atoms with Crippen molar-refractivity contribution in [2.24, 2.45) is 5.41 Å². The van der Waals surface area contributed by atoms with Crippen LogP contribution in [0, 0.1) is 5.41 Å². The zero-order valence-electron chi connectivity index (χ0n) is 15.3. The van der Waals surface area contributed by atoms with Gasteiger partial charge in [-0.15, -0.1) is 0 Å². The second kappa shape index (κ2) is 8.03. The number of anilines is 1. The molecule has 0 aliphatic carbocycles. The maximum absolute atomic E-state index is 12.3. The van der Waals surface area contributed by atoms with Crippen molar-refractivity contribution in [1.82, 2.24) is 9.88 Å². The first-order chi connectivity index (χ1) is 12.5. The fourth-order valence-corrected chi connectivity index (χ4v) is 4.20. The monoisotopic (exact) mass is 361 g/mol. The molecule has 0 radical (unpaired) electrons. The molecule has 0 saturated carbocycles. The molecule has 2 aliphatic rings. The van der Waals surface area contributed by atoms with Gasteiger partial charge in [0, 0.05) is 63.6 Å². The maximum atomic E-state index is 12.3. The van der Waals surface area contributed by atoms with E-state index in [1.165, 1.54) is 0 Å². The summed E-state index contributed by atoms with van der Waals surface area (Å²) in [7, 11) is 1.68. The van der Waals surface area contributed by atoms with Crippen LogP contribution in [0.3, 0.4) is 0 Å². The van der Waals surface area contributed by atoms with Gasteiger partial charge < -0.3 is 19.6 Å². The number of carbonyl (C=O) groups excluding carboxylic acids is 1. The lowest BCUT2D eigenvalue weighted by molar-refractivity contribution is -0.138. The van der Waals surface area contributed by atoms with E-state index in [9.17, 15) is 14.7 Å². The predicted octanol–water partition coefficient (Wildman–Crippen LogP) is 2.03. The van der Waals surface area contributed by atoms with Crippen molar-refractivity contribution in [3.05, 3.63) is 24.0 Å². The quantitative estimate of drug-likeness (QED) is 0.781. The first-order valence-electron chi connectivity index (χ1n) is 9.24. The molecule has 2 saturated heterocycles. The second-order valence-electron chi connectivity index (χ2n) is 7.39. The van der Waals surface area contributed by atoms with Crippen molar-refractivity contribution in [3.63, 3.8) is 0 Å². The molecule has 1 atom stereocenters. The molecule has 1 aromatic rings. The fourth-order valence-electron chi connectivity index (χ4n) is 4.20. The van der Waals surface area contributed by atoms with Crippen LogP contribution < -0.4 is 4.90 Å². The molecule has 7 heteroatoms. The fraction of sp³-hybridized carbons (Fsp3) is 0.632. The maximum Gasteiger partial charge on any atom is 0.354 e. The van der Waals surface area contributed by atoms with E-state index in [-0.39, 0.29) is 17.0 Å². The van der Waals surface area contributed by atoms with Crippen molar-refractivity contribution in [2.45, 2.75) is 32.1 Å². The highest BCUT2D eigenvalue weighted by Gasteiger charge is 2.41. The Hall–Kier alpha value is -2.15. The number of carboxylic acid groups (broad SMARTS) is 1. The van der Waals surface area contributed by atoms with Gasteiger partial charge in [-0.3, -0.25) is 4.79 Å². The van der Waals surface area contributed by atoms with E-state index in [0.717, 1.165) is 57.5 Å². The normalized spacial score (nSPS) is 23.5. The molecule has 142 valence electrons. The van der Waals surface area contributed by atoms with Crippen LogP contribution in [0.1, 0.15) is 42.6 Å². The molecule has 1 amide bonds. The molecule has 3 heterocycles. The molecule has 0 aromatic carbocycles. The zero-order chi connectivity index (χ0) is 18.6. The van der Waals surface area contributed by atoms with Gasteiger partial charge in [-0.25, -0.2) is 9.78 Å². The summed E-state index contributed by atoms with van der Waals surface area (Å²) >= 11 is 0. The molecule has 0 unspecified atom stereocenters. The van der Waals surface area contributed by atoms with Gasteiger partial charge in [0.15, 0.2) is 0 Å². The topological polar surface area (TPSA) is 83.0 Å². The third kappa shape index (κ3) is 4.15. The van der Waals surface area contributed by atoms with E-state index in [1.807, 2.05) is 11.0 Å². The average molecular weight is 361 g/mol. The van der Waals surface area contributed by atoms with Crippen LogP contribution in [0.5, 0.6) is 0 Å². The van der Waals surface area contributed by atoms with Crippen LogP contribution in [0.2, 0.25) is 0 Å². The summed E-state index contributed by atoms with van der Waals surface area (Å²) in [5, 5.41) is 9.18. The highest BCUT2D eigenvalue weighted by molar-refractivity contribution is 5.86. The van der Waals surface area contributed by atoms with Crippen molar-refractivity contribution in [2.75, 3.05) is 44.8 Å². The number of likely N-dealkylation sites (tertiary alicyclic amines) is 1. The van der Waals surface area contributed by atoms with Crippen molar-refractivity contribution >= 4 is 17.6 Å². The summed E-state index contributed by atoms with van der Waals surface area (Å²) in [5.41, 5.74) is 1.06. The summed E-state index contributed by atoms with van der Waals surface area (Å²) in [5.74, 6) is -0.771. The van der Waals surface area contributed by atoms with E-state index < -0.39 is 5.97 Å². The summed E-state index contributed by atoms with van der Waals surface area (Å²) < 4.78 is 5.11. The van der Waals surface area contributed by atoms with Crippen molar-refractivity contribution in [3.8, 4) is 0 Å². The Balaban J connectivity index is 1.71. The molecule has 1 aromatic heterocycles. The molecule has 3 rings (SSSR count). The smallest absolute Gasteiger partial charge is 0.354 e. The number of ether oxygens (including phenoxy) is 1. The van der Waals surface area contributed by atoms with E-state index in [4.69, 9.17) is 4.74 Å². The number of hydrogen-bond acceptors (Lipinski definition) is 5. The van der Waals surface area contributed by atoms with Gasteiger partial charge in [0.05, 0.1) is 0 Å². The minimum Gasteiger partial charge on any atom is -0.477 e. The number of carbonyl (C=O) groups is 2. The van der Waals surface area contributed by atoms with Gasteiger partial charge in [-0.2, -0.15) is 0 Å². The molecular weight excluding hydrogens is 334 g/mol. The molecule has 1 N–H and O–H groups in total. The number of amides is 1. The minimum atomic E-state index is -1.01. The Bertz CT molecular complexity index is 666.